The molecule has 4 rings (SSSR count). The average Bonchev–Trinajstić information content (AvgIpc) is 3.29. The largest absolute Gasteiger partial charge is 0.469 e. The summed E-state index contributed by atoms with van der Waals surface area (Å²) < 4.78 is 13.8. The van der Waals surface area contributed by atoms with E-state index >= 15 is 0 Å². The van der Waals surface area contributed by atoms with Crippen molar-refractivity contribution in [1.82, 2.24) is 9.55 Å². The summed E-state index contributed by atoms with van der Waals surface area (Å²) in [4.78, 5) is 39.4. The van der Waals surface area contributed by atoms with Gasteiger partial charge in [0.25, 0.3) is 13.9 Å². The zero-order valence-corrected chi connectivity index (χ0v) is 23.9. The Bertz CT molecular complexity index is 1320. The number of hydrogen-bond donors (Lipinski definition) is 1. The first-order valence-electron chi connectivity index (χ1n) is 13.2. The van der Waals surface area contributed by atoms with Crippen molar-refractivity contribution < 1.29 is 14.0 Å². The number of aromatic nitrogens is 2. The summed E-state index contributed by atoms with van der Waals surface area (Å²) >= 11 is 0. The third-order valence-corrected chi connectivity index (χ3v) is 12.9. The van der Waals surface area contributed by atoms with Crippen molar-refractivity contribution >= 4 is 24.7 Å². The number of nitrogens with one attached hydrogen (secondary N) is 1. The van der Waals surface area contributed by atoms with Gasteiger partial charge in [-0.2, -0.15) is 0 Å². The van der Waals surface area contributed by atoms with E-state index < -0.39 is 14.0 Å². The molecule has 0 spiro atoms. The fourth-order valence-electron chi connectivity index (χ4n) is 6.01. The van der Waals surface area contributed by atoms with Gasteiger partial charge in [-0.25, -0.2) is 4.79 Å². The Morgan fingerprint density at radius 2 is 1.53 bits per heavy atom. The first-order chi connectivity index (χ1) is 18.1. The lowest BCUT2D eigenvalue weighted by molar-refractivity contribution is -0.142. The Morgan fingerprint density at radius 3 is 2.05 bits per heavy atom. The van der Waals surface area contributed by atoms with Crippen LogP contribution in [0.5, 0.6) is 0 Å². The summed E-state index contributed by atoms with van der Waals surface area (Å²) in [5.74, 6) is -0.235. The number of H-pyrrole nitrogens is 1. The average molecular weight is 535 g/mol. The Hall–Kier alpha value is -3.23. The Labute approximate surface area is 225 Å². The monoisotopic (exact) mass is 534 g/mol. The van der Waals surface area contributed by atoms with Gasteiger partial charge in [-0.15, -0.1) is 0 Å². The van der Waals surface area contributed by atoms with Crippen molar-refractivity contribution in [2.45, 2.75) is 58.0 Å². The molecule has 0 unspecified atom stereocenters. The molecule has 1 aliphatic carbocycles. The molecule has 0 bridgehead atoms. The molecule has 3 atom stereocenters. The first kappa shape index (κ1) is 27.8. The van der Waals surface area contributed by atoms with Gasteiger partial charge in [0.05, 0.1) is 7.11 Å². The van der Waals surface area contributed by atoms with E-state index in [-0.39, 0.29) is 40.9 Å². The highest BCUT2D eigenvalue weighted by Crippen LogP contribution is 2.43. The van der Waals surface area contributed by atoms with Crippen LogP contribution >= 0.6 is 0 Å². The molecule has 7 nitrogen and oxygen atoms in total. The second kappa shape index (κ2) is 11.3. The lowest BCUT2D eigenvalue weighted by atomic mass is 9.94. The summed E-state index contributed by atoms with van der Waals surface area (Å²) in [7, 11) is -1.35. The molecule has 38 heavy (non-hydrogen) atoms. The summed E-state index contributed by atoms with van der Waals surface area (Å²) in [6, 6.07) is 20.8. The van der Waals surface area contributed by atoms with Crippen molar-refractivity contribution in [3.63, 3.8) is 0 Å². The molecular formula is C30H38N2O5Si. The predicted molar refractivity (Wildman–Crippen MR) is 152 cm³/mol. The van der Waals surface area contributed by atoms with Crippen LogP contribution in [0.1, 0.15) is 51.6 Å². The van der Waals surface area contributed by atoms with Crippen LogP contribution in [0.4, 0.5) is 0 Å². The normalized spacial score (nSPS) is 19.9. The molecular weight excluding hydrogens is 496 g/mol. The number of rotatable bonds is 8. The minimum Gasteiger partial charge on any atom is -0.469 e. The molecule has 2 aromatic carbocycles. The van der Waals surface area contributed by atoms with Gasteiger partial charge < -0.3 is 9.16 Å². The molecule has 1 aromatic heterocycles. The van der Waals surface area contributed by atoms with E-state index in [9.17, 15) is 14.4 Å². The third kappa shape index (κ3) is 5.47. The molecule has 0 saturated heterocycles. The van der Waals surface area contributed by atoms with Crippen LogP contribution in [0.2, 0.25) is 5.04 Å². The van der Waals surface area contributed by atoms with Gasteiger partial charge >= 0.3 is 11.7 Å². The minimum atomic E-state index is -2.76. The van der Waals surface area contributed by atoms with Crippen LogP contribution in [0.15, 0.2) is 76.4 Å². The van der Waals surface area contributed by atoms with Crippen LogP contribution in [0.3, 0.4) is 0 Å². The van der Waals surface area contributed by atoms with Gasteiger partial charge in [0, 0.05) is 30.8 Å². The highest BCUT2D eigenvalue weighted by molar-refractivity contribution is 6.99. The van der Waals surface area contributed by atoms with Crippen LogP contribution < -0.4 is 21.6 Å². The number of esters is 1. The molecule has 202 valence electrons. The van der Waals surface area contributed by atoms with Gasteiger partial charge in [0.1, 0.15) is 0 Å². The maximum absolute atomic E-state index is 12.7. The van der Waals surface area contributed by atoms with Crippen molar-refractivity contribution in [3.05, 3.63) is 93.3 Å². The van der Waals surface area contributed by atoms with E-state index in [1.54, 1.807) is 17.7 Å². The van der Waals surface area contributed by atoms with Crippen LogP contribution in [0, 0.1) is 18.8 Å². The summed E-state index contributed by atoms with van der Waals surface area (Å²) in [5, 5.41) is 2.23. The number of benzene rings is 2. The maximum Gasteiger partial charge on any atom is 0.328 e. The fraction of sp³-hybridized carbons (Fsp3) is 0.433. The van der Waals surface area contributed by atoms with Gasteiger partial charge in [-0.1, -0.05) is 81.4 Å². The lowest BCUT2D eigenvalue weighted by Gasteiger charge is -2.44. The van der Waals surface area contributed by atoms with Crippen molar-refractivity contribution in [2.24, 2.45) is 11.8 Å². The summed E-state index contributed by atoms with van der Waals surface area (Å²) in [6.07, 6.45) is 3.20. The van der Waals surface area contributed by atoms with E-state index in [4.69, 9.17) is 9.16 Å². The zero-order chi connectivity index (χ0) is 27.5. The number of carbonyl (C=O) groups excluding carboxylic acids is 1. The fourth-order valence-corrected chi connectivity index (χ4v) is 10.6. The molecule has 1 N–H and O–H groups in total. The van der Waals surface area contributed by atoms with E-state index in [0.29, 0.717) is 25.0 Å². The Balaban J connectivity index is 1.71. The lowest BCUT2D eigenvalue weighted by Crippen LogP contribution is -2.67. The molecule has 1 fully saturated rings. The molecule has 1 aliphatic rings. The van der Waals surface area contributed by atoms with Crippen LogP contribution in [-0.2, 0) is 14.0 Å². The number of aromatic amines is 1. The van der Waals surface area contributed by atoms with Crippen molar-refractivity contribution in [1.29, 1.82) is 0 Å². The van der Waals surface area contributed by atoms with Gasteiger partial charge in [-0.05, 0) is 47.0 Å². The molecule has 3 aromatic rings. The second-order valence-corrected chi connectivity index (χ2v) is 15.7. The van der Waals surface area contributed by atoms with E-state index in [1.165, 1.54) is 17.5 Å². The van der Waals surface area contributed by atoms with E-state index in [1.807, 2.05) is 12.1 Å². The van der Waals surface area contributed by atoms with Crippen LogP contribution in [0.25, 0.3) is 0 Å². The Morgan fingerprint density at radius 1 is 0.974 bits per heavy atom. The van der Waals surface area contributed by atoms with Gasteiger partial charge in [0.2, 0.25) is 0 Å². The smallest absolute Gasteiger partial charge is 0.328 e. The minimum absolute atomic E-state index is 0.00945. The molecule has 8 heteroatoms. The Kier molecular flexibility index (Phi) is 8.23. The number of hydrogen-bond acceptors (Lipinski definition) is 5. The number of methoxy groups -OCH3 is 1. The van der Waals surface area contributed by atoms with Crippen LogP contribution in [-0.4, -0.2) is 37.6 Å². The third-order valence-electron chi connectivity index (χ3n) is 7.94. The summed E-state index contributed by atoms with van der Waals surface area (Å²) in [5.41, 5.74) is -0.306. The maximum atomic E-state index is 12.7. The van der Waals surface area contributed by atoms with E-state index in [2.05, 4.69) is 74.3 Å². The highest BCUT2D eigenvalue weighted by atomic mass is 28.4. The number of ether oxygens (including phenoxy) is 1. The number of nitrogens with zero attached hydrogens (tertiary/aromatic N) is 1. The second-order valence-electron chi connectivity index (χ2n) is 11.4. The molecule has 1 heterocycles. The molecule has 0 radical (unpaired) electrons. The van der Waals surface area contributed by atoms with Gasteiger partial charge in [0.15, 0.2) is 0 Å². The SMILES string of the molecule is COC(=O)C[C@H]1C[C@H](n2cc(C)c(=O)[nH]c2=O)C[C@@H]1CO[Si](c1ccccc1)(c1ccccc1)C(C)(C)C. The molecule has 0 amide bonds. The number of aryl methyl sites for hydroxylation is 1. The molecule has 0 aliphatic heterocycles. The van der Waals surface area contributed by atoms with E-state index in [0.717, 1.165) is 0 Å². The standard InChI is InChI=1S/C30H38N2O5Si/c1-21-19-32(29(35)31-28(21)34)24-16-22(18-27(33)36-5)23(17-24)20-37-38(30(2,3)4,25-12-8-6-9-13-25)26-14-10-7-11-15-26/h6-15,19,22-24H,16-18,20H2,1-5H3,(H,31,34,35)/t22-,23-,24+/m1/s1. The highest BCUT2D eigenvalue weighted by Gasteiger charge is 2.51. The summed E-state index contributed by atoms with van der Waals surface area (Å²) in [6.45, 7) is 8.88. The topological polar surface area (TPSA) is 90.4 Å². The van der Waals surface area contributed by atoms with Gasteiger partial charge in [-0.3, -0.25) is 19.1 Å². The van der Waals surface area contributed by atoms with Crippen molar-refractivity contribution in [2.75, 3.05) is 13.7 Å². The van der Waals surface area contributed by atoms with Crippen molar-refractivity contribution in [3.8, 4) is 0 Å². The molecule has 1 saturated carbocycles. The first-order valence-corrected chi connectivity index (χ1v) is 15.1. The number of carbonyl (C=O) groups is 1. The zero-order valence-electron chi connectivity index (χ0n) is 22.9. The quantitative estimate of drug-likeness (QED) is 0.353. The predicted octanol–water partition coefficient (Wildman–Crippen LogP) is 3.55.